The summed E-state index contributed by atoms with van der Waals surface area (Å²) in [7, 11) is 3.75. The van der Waals surface area contributed by atoms with Crippen LogP contribution >= 0.6 is 0 Å². The molecule has 0 aromatic heterocycles. The molecule has 0 bridgehead atoms. The van der Waals surface area contributed by atoms with E-state index in [1.54, 1.807) is 36.4 Å². The monoisotopic (exact) mass is 315 g/mol. The molecule has 6 heteroatoms. The third-order valence-electron chi connectivity index (χ3n) is 3.22. The smallest absolute Gasteiger partial charge is 0.313 e. The number of carbonyl (C=O) groups is 2. The zero-order valence-corrected chi connectivity index (χ0v) is 13.0. The fourth-order valence-electron chi connectivity index (χ4n) is 1.95. The van der Waals surface area contributed by atoms with Gasteiger partial charge < -0.3 is 15.5 Å². The third kappa shape index (κ3) is 4.54. The number of rotatable bonds is 4. The Morgan fingerprint density at radius 3 is 2.48 bits per heavy atom. The topological polar surface area (TPSA) is 61.4 Å². The Morgan fingerprint density at radius 2 is 1.78 bits per heavy atom. The molecule has 0 radical (unpaired) electrons. The van der Waals surface area contributed by atoms with Gasteiger partial charge in [-0.2, -0.15) is 0 Å². The molecule has 0 fully saturated rings. The van der Waals surface area contributed by atoms with Crippen LogP contribution in [0.15, 0.2) is 48.5 Å². The molecule has 0 heterocycles. The fraction of sp³-hybridized carbons (Fsp3) is 0.176. The van der Waals surface area contributed by atoms with Gasteiger partial charge in [0.25, 0.3) is 0 Å². The highest BCUT2D eigenvalue weighted by Gasteiger charge is 2.14. The van der Waals surface area contributed by atoms with Gasteiger partial charge in [-0.15, -0.1) is 0 Å². The van der Waals surface area contributed by atoms with E-state index in [1.165, 1.54) is 6.07 Å². The van der Waals surface area contributed by atoms with Gasteiger partial charge in [0, 0.05) is 37.6 Å². The summed E-state index contributed by atoms with van der Waals surface area (Å²) in [5, 5.41) is 4.91. The summed E-state index contributed by atoms with van der Waals surface area (Å²) < 4.78 is 13.5. The highest BCUT2D eigenvalue weighted by Crippen LogP contribution is 2.17. The maximum atomic E-state index is 13.5. The minimum atomic E-state index is -0.816. The molecule has 2 aromatic rings. The lowest BCUT2D eigenvalue weighted by atomic mass is 10.2. The van der Waals surface area contributed by atoms with Gasteiger partial charge in [0.05, 0.1) is 0 Å². The first kappa shape index (κ1) is 16.5. The standard InChI is InChI=1S/C17H18FN3O2/c1-21(2)14-8-5-7-13(10-14)20-17(23)16(22)19-11-12-6-3-4-9-15(12)18/h3-10H,11H2,1-2H3,(H,19,22)(H,20,23). The predicted octanol–water partition coefficient (Wildman–Crippen LogP) is 2.15. The van der Waals surface area contributed by atoms with Gasteiger partial charge in [0.2, 0.25) is 0 Å². The number of nitrogens with one attached hydrogen (secondary N) is 2. The Balaban J connectivity index is 1.94. The number of halogens is 1. The Kier molecular flexibility index (Phi) is 5.30. The maximum Gasteiger partial charge on any atom is 0.313 e. The average molecular weight is 315 g/mol. The van der Waals surface area contributed by atoms with E-state index in [-0.39, 0.29) is 6.54 Å². The van der Waals surface area contributed by atoms with E-state index in [2.05, 4.69) is 10.6 Å². The van der Waals surface area contributed by atoms with Gasteiger partial charge >= 0.3 is 11.8 Å². The highest BCUT2D eigenvalue weighted by atomic mass is 19.1. The van der Waals surface area contributed by atoms with Gasteiger partial charge in [-0.05, 0) is 24.3 Å². The van der Waals surface area contributed by atoms with Crippen LogP contribution in [-0.4, -0.2) is 25.9 Å². The van der Waals surface area contributed by atoms with Gasteiger partial charge in [-0.3, -0.25) is 9.59 Å². The molecule has 120 valence electrons. The van der Waals surface area contributed by atoms with Crippen molar-refractivity contribution in [1.29, 1.82) is 0 Å². The lowest BCUT2D eigenvalue weighted by Crippen LogP contribution is -2.35. The van der Waals surface area contributed by atoms with E-state index in [4.69, 9.17) is 0 Å². The third-order valence-corrected chi connectivity index (χ3v) is 3.22. The van der Waals surface area contributed by atoms with Crippen LogP contribution in [0.25, 0.3) is 0 Å². The first-order valence-corrected chi connectivity index (χ1v) is 7.07. The van der Waals surface area contributed by atoms with E-state index in [1.807, 2.05) is 25.1 Å². The molecule has 23 heavy (non-hydrogen) atoms. The number of hydrogen-bond acceptors (Lipinski definition) is 3. The van der Waals surface area contributed by atoms with Crippen molar-refractivity contribution < 1.29 is 14.0 Å². The molecule has 2 rings (SSSR count). The molecule has 5 nitrogen and oxygen atoms in total. The Hall–Kier alpha value is -2.89. The van der Waals surface area contributed by atoms with E-state index in [0.717, 1.165) is 5.69 Å². The minimum Gasteiger partial charge on any atom is -0.378 e. The molecule has 2 aromatic carbocycles. The molecule has 2 N–H and O–H groups in total. The van der Waals surface area contributed by atoms with E-state index >= 15 is 0 Å². The second-order valence-electron chi connectivity index (χ2n) is 5.17. The van der Waals surface area contributed by atoms with Gasteiger partial charge in [0.1, 0.15) is 5.82 Å². The van der Waals surface area contributed by atoms with E-state index in [0.29, 0.717) is 11.3 Å². The van der Waals surface area contributed by atoms with Crippen molar-refractivity contribution in [1.82, 2.24) is 5.32 Å². The van der Waals surface area contributed by atoms with E-state index < -0.39 is 17.6 Å². The Morgan fingerprint density at radius 1 is 1.04 bits per heavy atom. The van der Waals surface area contributed by atoms with Crippen molar-refractivity contribution in [3.63, 3.8) is 0 Å². The van der Waals surface area contributed by atoms with Gasteiger partial charge in [-0.25, -0.2) is 4.39 Å². The van der Waals surface area contributed by atoms with Crippen LogP contribution in [0.4, 0.5) is 15.8 Å². The van der Waals surface area contributed by atoms with Crippen molar-refractivity contribution in [2.24, 2.45) is 0 Å². The van der Waals surface area contributed by atoms with Crippen LogP contribution in [-0.2, 0) is 16.1 Å². The average Bonchev–Trinajstić information content (AvgIpc) is 2.54. The van der Waals surface area contributed by atoms with Crippen LogP contribution in [0, 0.1) is 5.82 Å². The summed E-state index contributed by atoms with van der Waals surface area (Å²) in [5.74, 6) is -2.03. The number of benzene rings is 2. The maximum absolute atomic E-state index is 13.5. The molecule has 0 aliphatic rings. The second kappa shape index (κ2) is 7.40. The normalized spacial score (nSPS) is 10.0. The van der Waals surface area contributed by atoms with Crippen LogP contribution in [0.2, 0.25) is 0 Å². The number of carbonyl (C=O) groups excluding carboxylic acids is 2. The summed E-state index contributed by atoms with van der Waals surface area (Å²) in [6.45, 7) is -0.0450. The summed E-state index contributed by atoms with van der Waals surface area (Å²) in [5.41, 5.74) is 1.74. The van der Waals surface area contributed by atoms with Crippen LogP contribution in [0.1, 0.15) is 5.56 Å². The van der Waals surface area contributed by atoms with Crippen LogP contribution in [0.5, 0.6) is 0 Å². The predicted molar refractivity (Wildman–Crippen MR) is 87.6 cm³/mol. The molecule has 0 unspecified atom stereocenters. The van der Waals surface area contributed by atoms with Gasteiger partial charge in [0.15, 0.2) is 0 Å². The first-order chi connectivity index (χ1) is 11.0. The molecule has 0 aliphatic heterocycles. The minimum absolute atomic E-state index is 0.0450. The van der Waals surface area contributed by atoms with Crippen molar-refractivity contribution in [2.75, 3.05) is 24.3 Å². The lowest BCUT2D eigenvalue weighted by Gasteiger charge is -2.14. The molecule has 0 atom stereocenters. The summed E-state index contributed by atoms with van der Waals surface area (Å²) in [6.07, 6.45) is 0. The van der Waals surface area contributed by atoms with E-state index in [9.17, 15) is 14.0 Å². The zero-order chi connectivity index (χ0) is 16.8. The molecule has 0 aliphatic carbocycles. The van der Waals surface area contributed by atoms with Crippen molar-refractivity contribution in [3.8, 4) is 0 Å². The van der Waals surface area contributed by atoms with Crippen molar-refractivity contribution in [2.45, 2.75) is 6.54 Å². The van der Waals surface area contributed by atoms with Crippen LogP contribution in [0.3, 0.4) is 0 Å². The van der Waals surface area contributed by atoms with Gasteiger partial charge in [-0.1, -0.05) is 24.3 Å². The molecular formula is C17H18FN3O2. The highest BCUT2D eigenvalue weighted by molar-refractivity contribution is 6.39. The van der Waals surface area contributed by atoms with Crippen molar-refractivity contribution in [3.05, 3.63) is 59.9 Å². The number of anilines is 2. The quantitative estimate of drug-likeness (QED) is 0.850. The summed E-state index contributed by atoms with van der Waals surface area (Å²) >= 11 is 0. The summed E-state index contributed by atoms with van der Waals surface area (Å²) in [6, 6.07) is 13.2. The second-order valence-corrected chi connectivity index (χ2v) is 5.17. The lowest BCUT2D eigenvalue weighted by molar-refractivity contribution is -0.136. The Labute approximate surface area is 134 Å². The van der Waals surface area contributed by atoms with Crippen molar-refractivity contribution >= 4 is 23.2 Å². The molecule has 2 amide bonds. The zero-order valence-electron chi connectivity index (χ0n) is 13.0. The first-order valence-electron chi connectivity index (χ1n) is 7.07. The molecular weight excluding hydrogens is 297 g/mol. The number of hydrogen-bond donors (Lipinski definition) is 2. The van der Waals surface area contributed by atoms with Crippen LogP contribution < -0.4 is 15.5 Å². The molecule has 0 saturated heterocycles. The molecule has 0 saturated carbocycles. The SMILES string of the molecule is CN(C)c1cccc(NC(=O)C(=O)NCc2ccccc2F)c1. The largest absolute Gasteiger partial charge is 0.378 e. The molecule has 0 spiro atoms. The summed E-state index contributed by atoms with van der Waals surface area (Å²) in [4.78, 5) is 25.5. The number of amides is 2. The Bertz CT molecular complexity index is 716. The number of nitrogens with zero attached hydrogens (tertiary/aromatic N) is 1. The fourth-order valence-corrected chi connectivity index (χ4v) is 1.95.